The molecule has 3 N–H and O–H groups in total. The van der Waals surface area contributed by atoms with E-state index in [4.69, 9.17) is 5.73 Å². The molecule has 0 fully saturated rings. The molecule has 0 unspecified atom stereocenters. The maximum atomic E-state index is 5.88. The van der Waals surface area contributed by atoms with Crippen molar-refractivity contribution >= 4 is 11.3 Å². The van der Waals surface area contributed by atoms with Gasteiger partial charge >= 0.3 is 0 Å². The molecule has 1 heterocycles. The SMILES string of the molecule is Cc1ncsc1CNCCC(C)(C)N. The van der Waals surface area contributed by atoms with Gasteiger partial charge in [-0.25, -0.2) is 4.98 Å². The third-order valence-corrected chi connectivity index (χ3v) is 3.01. The fraction of sp³-hybridized carbons (Fsp3) is 0.700. The third kappa shape index (κ3) is 4.17. The highest BCUT2D eigenvalue weighted by atomic mass is 32.1. The van der Waals surface area contributed by atoms with Crippen LogP contribution in [0.2, 0.25) is 0 Å². The van der Waals surface area contributed by atoms with Crippen LogP contribution in [-0.2, 0) is 6.54 Å². The minimum Gasteiger partial charge on any atom is -0.326 e. The number of aromatic nitrogens is 1. The van der Waals surface area contributed by atoms with E-state index in [-0.39, 0.29) is 5.54 Å². The first-order valence-corrected chi connectivity index (χ1v) is 5.75. The van der Waals surface area contributed by atoms with Crippen LogP contribution >= 0.6 is 11.3 Å². The Labute approximate surface area is 89.7 Å². The predicted octanol–water partition coefficient (Wildman–Crippen LogP) is 1.67. The van der Waals surface area contributed by atoms with Gasteiger partial charge in [0.2, 0.25) is 0 Å². The zero-order chi connectivity index (χ0) is 10.6. The molecule has 0 atom stereocenters. The number of rotatable bonds is 5. The van der Waals surface area contributed by atoms with Gasteiger partial charge in [0, 0.05) is 17.0 Å². The minimum atomic E-state index is -0.0737. The smallest absolute Gasteiger partial charge is 0.0798 e. The Morgan fingerprint density at radius 2 is 2.29 bits per heavy atom. The first kappa shape index (κ1) is 11.6. The van der Waals surface area contributed by atoms with Gasteiger partial charge in [0.1, 0.15) is 0 Å². The van der Waals surface area contributed by atoms with Gasteiger partial charge in [-0.1, -0.05) is 0 Å². The van der Waals surface area contributed by atoms with E-state index in [1.807, 2.05) is 26.3 Å². The van der Waals surface area contributed by atoms with E-state index in [2.05, 4.69) is 10.3 Å². The number of thiazole rings is 1. The summed E-state index contributed by atoms with van der Waals surface area (Å²) in [7, 11) is 0. The summed E-state index contributed by atoms with van der Waals surface area (Å²) < 4.78 is 0. The van der Waals surface area contributed by atoms with Crippen LogP contribution in [0.1, 0.15) is 30.8 Å². The average molecular weight is 213 g/mol. The predicted molar refractivity (Wildman–Crippen MR) is 61.4 cm³/mol. The van der Waals surface area contributed by atoms with Gasteiger partial charge in [0.25, 0.3) is 0 Å². The second-order valence-corrected chi connectivity index (χ2v) is 5.22. The molecule has 80 valence electrons. The third-order valence-electron chi connectivity index (χ3n) is 2.08. The molecule has 0 aromatic carbocycles. The highest BCUT2D eigenvalue weighted by Gasteiger charge is 2.09. The van der Waals surface area contributed by atoms with Crippen molar-refractivity contribution in [2.45, 2.75) is 39.3 Å². The lowest BCUT2D eigenvalue weighted by atomic mass is 10.0. The molecular formula is C10H19N3S. The summed E-state index contributed by atoms with van der Waals surface area (Å²) in [6.45, 7) is 8.01. The van der Waals surface area contributed by atoms with Gasteiger partial charge in [-0.3, -0.25) is 0 Å². The van der Waals surface area contributed by atoms with Crippen LogP contribution in [0, 0.1) is 6.92 Å². The number of nitrogens with one attached hydrogen (secondary N) is 1. The van der Waals surface area contributed by atoms with Gasteiger partial charge < -0.3 is 11.1 Å². The van der Waals surface area contributed by atoms with Crippen molar-refractivity contribution in [2.75, 3.05) is 6.54 Å². The Balaban J connectivity index is 2.20. The monoisotopic (exact) mass is 213 g/mol. The molecule has 14 heavy (non-hydrogen) atoms. The number of nitrogens with zero attached hydrogens (tertiary/aromatic N) is 1. The lowest BCUT2D eigenvalue weighted by Crippen LogP contribution is -2.35. The van der Waals surface area contributed by atoms with Gasteiger partial charge in [-0.05, 0) is 33.7 Å². The Morgan fingerprint density at radius 1 is 1.57 bits per heavy atom. The van der Waals surface area contributed by atoms with Crippen LogP contribution in [-0.4, -0.2) is 17.1 Å². The van der Waals surface area contributed by atoms with Crippen molar-refractivity contribution < 1.29 is 0 Å². The summed E-state index contributed by atoms with van der Waals surface area (Å²) in [6.07, 6.45) is 0.991. The van der Waals surface area contributed by atoms with E-state index in [1.165, 1.54) is 4.88 Å². The van der Waals surface area contributed by atoms with E-state index in [0.29, 0.717) is 0 Å². The second-order valence-electron chi connectivity index (χ2n) is 4.28. The molecule has 0 spiro atoms. The lowest BCUT2D eigenvalue weighted by molar-refractivity contribution is 0.455. The van der Waals surface area contributed by atoms with Crippen molar-refractivity contribution in [1.29, 1.82) is 0 Å². The molecule has 3 nitrogen and oxygen atoms in total. The summed E-state index contributed by atoms with van der Waals surface area (Å²) in [5.41, 5.74) is 8.82. The number of nitrogens with two attached hydrogens (primary N) is 1. The van der Waals surface area contributed by atoms with E-state index in [1.54, 1.807) is 11.3 Å². The first-order chi connectivity index (χ1) is 6.49. The quantitative estimate of drug-likeness (QED) is 0.732. The minimum absolute atomic E-state index is 0.0737. The highest BCUT2D eigenvalue weighted by Crippen LogP contribution is 2.11. The van der Waals surface area contributed by atoms with Crippen LogP contribution < -0.4 is 11.1 Å². The molecule has 0 saturated carbocycles. The zero-order valence-electron chi connectivity index (χ0n) is 9.13. The summed E-state index contributed by atoms with van der Waals surface area (Å²) in [5, 5.41) is 3.38. The highest BCUT2D eigenvalue weighted by molar-refractivity contribution is 7.09. The summed E-state index contributed by atoms with van der Waals surface area (Å²) in [6, 6.07) is 0. The molecule has 0 aliphatic heterocycles. The summed E-state index contributed by atoms with van der Waals surface area (Å²) in [4.78, 5) is 5.52. The fourth-order valence-corrected chi connectivity index (χ4v) is 1.86. The fourth-order valence-electron chi connectivity index (χ4n) is 1.11. The van der Waals surface area contributed by atoms with Crippen molar-refractivity contribution in [3.63, 3.8) is 0 Å². The number of hydrogen-bond acceptors (Lipinski definition) is 4. The molecule has 0 amide bonds. The zero-order valence-corrected chi connectivity index (χ0v) is 9.95. The van der Waals surface area contributed by atoms with Crippen LogP contribution in [0.5, 0.6) is 0 Å². The maximum Gasteiger partial charge on any atom is 0.0798 e. The van der Waals surface area contributed by atoms with Crippen LogP contribution in [0.25, 0.3) is 0 Å². The molecule has 0 aliphatic rings. The first-order valence-electron chi connectivity index (χ1n) is 4.87. The van der Waals surface area contributed by atoms with Crippen molar-refractivity contribution in [2.24, 2.45) is 5.73 Å². The van der Waals surface area contributed by atoms with E-state index in [9.17, 15) is 0 Å². The number of hydrogen-bond donors (Lipinski definition) is 2. The second kappa shape index (κ2) is 4.87. The topological polar surface area (TPSA) is 50.9 Å². The van der Waals surface area contributed by atoms with Crippen LogP contribution in [0.4, 0.5) is 0 Å². The van der Waals surface area contributed by atoms with Gasteiger partial charge in [-0.2, -0.15) is 0 Å². The maximum absolute atomic E-state index is 5.88. The molecule has 4 heteroatoms. The molecule has 0 radical (unpaired) electrons. The van der Waals surface area contributed by atoms with Crippen molar-refractivity contribution in [3.8, 4) is 0 Å². The standard InChI is InChI=1S/C10H19N3S/c1-8-9(14-7-13-8)6-12-5-4-10(2,3)11/h7,12H,4-6,11H2,1-3H3. The Morgan fingerprint density at radius 3 is 2.79 bits per heavy atom. The van der Waals surface area contributed by atoms with E-state index >= 15 is 0 Å². The normalized spacial score (nSPS) is 12.0. The molecule has 0 bridgehead atoms. The molecule has 0 aliphatic carbocycles. The summed E-state index contributed by atoms with van der Waals surface area (Å²) >= 11 is 1.70. The van der Waals surface area contributed by atoms with Crippen molar-refractivity contribution in [1.82, 2.24) is 10.3 Å². The van der Waals surface area contributed by atoms with Gasteiger partial charge in [0.15, 0.2) is 0 Å². The Kier molecular flexibility index (Phi) is 4.04. The Bertz CT molecular complexity index is 275. The molecule has 0 saturated heterocycles. The van der Waals surface area contributed by atoms with E-state index in [0.717, 1.165) is 25.2 Å². The molecular weight excluding hydrogens is 194 g/mol. The van der Waals surface area contributed by atoms with Crippen molar-refractivity contribution in [3.05, 3.63) is 16.1 Å². The largest absolute Gasteiger partial charge is 0.326 e. The average Bonchev–Trinajstić information content (AvgIpc) is 2.44. The molecule has 1 aromatic rings. The van der Waals surface area contributed by atoms with Gasteiger partial charge in [-0.15, -0.1) is 11.3 Å². The Hall–Kier alpha value is -0.450. The van der Waals surface area contributed by atoms with Gasteiger partial charge in [0.05, 0.1) is 11.2 Å². The summed E-state index contributed by atoms with van der Waals surface area (Å²) in [5.74, 6) is 0. The van der Waals surface area contributed by atoms with Crippen LogP contribution in [0.15, 0.2) is 5.51 Å². The van der Waals surface area contributed by atoms with E-state index < -0.39 is 0 Å². The molecule has 1 rings (SSSR count). The lowest BCUT2D eigenvalue weighted by Gasteiger charge is -2.18. The van der Waals surface area contributed by atoms with Crippen LogP contribution in [0.3, 0.4) is 0 Å². The number of aryl methyl sites for hydroxylation is 1. The molecule has 1 aromatic heterocycles.